The molecule has 1 N–H and O–H groups in total. The van der Waals surface area contributed by atoms with Crippen LogP contribution in [-0.2, 0) is 0 Å². The van der Waals surface area contributed by atoms with Gasteiger partial charge in [-0.15, -0.1) is 0 Å². The molecule has 0 amide bonds. The highest BCUT2D eigenvalue weighted by Gasteiger charge is 2.24. The fraction of sp³-hybridized carbons (Fsp3) is 0.684. The van der Waals surface area contributed by atoms with Crippen molar-refractivity contribution in [2.75, 3.05) is 13.1 Å². The van der Waals surface area contributed by atoms with Crippen LogP contribution in [-0.4, -0.2) is 13.1 Å². The van der Waals surface area contributed by atoms with Gasteiger partial charge in [0.2, 0.25) is 0 Å². The van der Waals surface area contributed by atoms with Crippen molar-refractivity contribution in [1.82, 2.24) is 5.32 Å². The maximum Gasteiger partial charge on any atom is 0.00227 e. The summed E-state index contributed by atoms with van der Waals surface area (Å²) in [6, 6.07) is 7.13. The number of hydrogen-bond donors (Lipinski definition) is 1. The highest BCUT2D eigenvalue weighted by atomic mass is 14.8. The maximum absolute atomic E-state index is 3.60. The Labute approximate surface area is 125 Å². The first-order valence-corrected chi connectivity index (χ1v) is 8.49. The summed E-state index contributed by atoms with van der Waals surface area (Å²) in [6.45, 7) is 8.89. The van der Waals surface area contributed by atoms with Crippen molar-refractivity contribution < 1.29 is 0 Å². The Morgan fingerprint density at radius 1 is 1.00 bits per heavy atom. The van der Waals surface area contributed by atoms with Crippen LogP contribution in [0.3, 0.4) is 0 Å². The largest absolute Gasteiger partial charge is 0.316 e. The van der Waals surface area contributed by atoms with E-state index in [1.54, 1.807) is 5.56 Å². The lowest BCUT2D eigenvalue weighted by Gasteiger charge is -2.27. The van der Waals surface area contributed by atoms with Gasteiger partial charge in [-0.25, -0.2) is 0 Å². The first-order valence-electron chi connectivity index (χ1n) is 8.49. The molecule has 20 heavy (non-hydrogen) atoms. The molecular weight excluding hydrogens is 242 g/mol. The molecule has 1 nitrogen and oxygen atoms in total. The molecule has 0 heterocycles. The Balaban J connectivity index is 2.20. The molecule has 2 rings (SSSR count). The molecule has 1 saturated carbocycles. The first kappa shape index (κ1) is 15.6. The molecule has 0 saturated heterocycles. The lowest BCUT2D eigenvalue weighted by Crippen LogP contribution is -2.26. The molecule has 1 aliphatic rings. The van der Waals surface area contributed by atoms with E-state index in [-0.39, 0.29) is 0 Å². The molecule has 0 radical (unpaired) electrons. The van der Waals surface area contributed by atoms with Crippen molar-refractivity contribution in [2.45, 2.75) is 65.2 Å². The predicted molar refractivity (Wildman–Crippen MR) is 88.4 cm³/mol. The molecule has 0 aliphatic heterocycles. The zero-order chi connectivity index (χ0) is 14.4. The molecule has 1 aromatic rings. The summed E-state index contributed by atoms with van der Waals surface area (Å²) >= 11 is 0. The fourth-order valence-electron chi connectivity index (χ4n) is 3.79. The van der Waals surface area contributed by atoms with Gasteiger partial charge in [0.05, 0.1) is 0 Å². The fourth-order valence-corrected chi connectivity index (χ4v) is 3.79. The highest BCUT2D eigenvalue weighted by molar-refractivity contribution is 5.31. The minimum atomic E-state index is 0.701. The number of nitrogens with one attached hydrogen (secondary N) is 1. The number of rotatable bonds is 5. The van der Waals surface area contributed by atoms with Gasteiger partial charge in [0.15, 0.2) is 0 Å². The summed E-state index contributed by atoms with van der Waals surface area (Å²) in [6.07, 6.45) is 8.58. The van der Waals surface area contributed by atoms with E-state index < -0.39 is 0 Å². The summed E-state index contributed by atoms with van der Waals surface area (Å²) in [5, 5.41) is 3.60. The molecule has 1 aromatic carbocycles. The number of likely N-dealkylation sites (N-methyl/N-ethyl adjacent to an activating group) is 1. The van der Waals surface area contributed by atoms with E-state index in [1.807, 2.05) is 0 Å². The van der Waals surface area contributed by atoms with Crippen LogP contribution < -0.4 is 5.32 Å². The van der Waals surface area contributed by atoms with Crippen molar-refractivity contribution in [3.63, 3.8) is 0 Å². The minimum absolute atomic E-state index is 0.701. The van der Waals surface area contributed by atoms with Gasteiger partial charge < -0.3 is 5.32 Å². The Hall–Kier alpha value is -0.820. The van der Waals surface area contributed by atoms with E-state index in [2.05, 4.69) is 44.3 Å². The van der Waals surface area contributed by atoms with Crippen LogP contribution in [0.25, 0.3) is 0 Å². The van der Waals surface area contributed by atoms with E-state index >= 15 is 0 Å². The van der Waals surface area contributed by atoms with Crippen LogP contribution in [0.1, 0.15) is 68.1 Å². The Kier molecular flexibility index (Phi) is 6.09. The lowest BCUT2D eigenvalue weighted by atomic mass is 9.80. The number of benzene rings is 1. The second-order valence-corrected chi connectivity index (χ2v) is 6.59. The molecule has 1 aliphatic carbocycles. The summed E-state index contributed by atoms with van der Waals surface area (Å²) in [5.74, 6) is 1.57. The quantitative estimate of drug-likeness (QED) is 0.747. The topological polar surface area (TPSA) is 12.0 Å². The van der Waals surface area contributed by atoms with E-state index in [0.29, 0.717) is 5.92 Å². The average Bonchev–Trinajstić information content (AvgIpc) is 2.67. The lowest BCUT2D eigenvalue weighted by molar-refractivity contribution is 0.363. The predicted octanol–water partition coefficient (Wildman–Crippen LogP) is 4.97. The molecule has 1 heteroatoms. The minimum Gasteiger partial charge on any atom is -0.316 e. The van der Waals surface area contributed by atoms with Crippen molar-refractivity contribution in [1.29, 1.82) is 0 Å². The molecule has 1 unspecified atom stereocenters. The molecule has 112 valence electrons. The van der Waals surface area contributed by atoms with Gasteiger partial charge in [-0.05, 0) is 50.6 Å². The normalized spacial score (nSPS) is 18.8. The van der Waals surface area contributed by atoms with Gasteiger partial charge in [-0.2, -0.15) is 0 Å². The van der Waals surface area contributed by atoms with Crippen LogP contribution in [0.4, 0.5) is 0 Å². The Morgan fingerprint density at radius 2 is 1.60 bits per heavy atom. The maximum atomic E-state index is 3.60. The smallest absolute Gasteiger partial charge is 0.00227 e. The van der Waals surface area contributed by atoms with E-state index in [4.69, 9.17) is 0 Å². The van der Waals surface area contributed by atoms with Crippen molar-refractivity contribution >= 4 is 0 Å². The summed E-state index contributed by atoms with van der Waals surface area (Å²) in [4.78, 5) is 0. The van der Waals surface area contributed by atoms with Crippen LogP contribution in [0.15, 0.2) is 18.2 Å². The summed E-state index contributed by atoms with van der Waals surface area (Å²) < 4.78 is 0. The van der Waals surface area contributed by atoms with Gasteiger partial charge >= 0.3 is 0 Å². The zero-order valence-electron chi connectivity index (χ0n) is 13.5. The molecule has 1 atom stereocenters. The number of aryl methyl sites for hydroxylation is 2. The van der Waals surface area contributed by atoms with Crippen molar-refractivity contribution in [3.8, 4) is 0 Å². The monoisotopic (exact) mass is 273 g/mol. The summed E-state index contributed by atoms with van der Waals surface area (Å²) in [7, 11) is 0. The van der Waals surface area contributed by atoms with Crippen LogP contribution in [0.2, 0.25) is 0 Å². The second-order valence-electron chi connectivity index (χ2n) is 6.59. The third kappa shape index (κ3) is 4.34. The van der Waals surface area contributed by atoms with E-state index in [9.17, 15) is 0 Å². The first-order chi connectivity index (χ1) is 9.70. The second kappa shape index (κ2) is 7.83. The molecule has 0 spiro atoms. The standard InChI is InChI=1S/C19H31N/c1-4-20-14-19(17-9-7-5-6-8-10-17)18-12-15(2)11-16(3)13-18/h11-13,17,19-20H,4-10,14H2,1-3H3. The summed E-state index contributed by atoms with van der Waals surface area (Å²) in [5.41, 5.74) is 4.39. The van der Waals surface area contributed by atoms with Gasteiger partial charge in [-0.1, -0.05) is 61.9 Å². The molecule has 0 bridgehead atoms. The van der Waals surface area contributed by atoms with Crippen LogP contribution in [0.5, 0.6) is 0 Å². The average molecular weight is 273 g/mol. The van der Waals surface area contributed by atoms with Crippen LogP contribution in [0, 0.1) is 19.8 Å². The van der Waals surface area contributed by atoms with E-state index in [0.717, 1.165) is 19.0 Å². The van der Waals surface area contributed by atoms with Crippen molar-refractivity contribution in [3.05, 3.63) is 34.9 Å². The Bertz CT molecular complexity index is 382. The van der Waals surface area contributed by atoms with Gasteiger partial charge in [0.25, 0.3) is 0 Å². The molecule has 1 fully saturated rings. The zero-order valence-corrected chi connectivity index (χ0v) is 13.5. The highest BCUT2D eigenvalue weighted by Crippen LogP contribution is 2.35. The third-order valence-electron chi connectivity index (χ3n) is 4.76. The van der Waals surface area contributed by atoms with Crippen molar-refractivity contribution in [2.24, 2.45) is 5.92 Å². The van der Waals surface area contributed by atoms with Gasteiger partial charge in [-0.3, -0.25) is 0 Å². The third-order valence-corrected chi connectivity index (χ3v) is 4.76. The van der Waals surface area contributed by atoms with E-state index in [1.165, 1.54) is 49.7 Å². The number of hydrogen-bond acceptors (Lipinski definition) is 1. The van der Waals surface area contributed by atoms with Crippen LogP contribution >= 0.6 is 0 Å². The Morgan fingerprint density at radius 3 is 2.15 bits per heavy atom. The molecular formula is C19H31N. The molecule has 0 aromatic heterocycles. The van der Waals surface area contributed by atoms with Gasteiger partial charge in [0, 0.05) is 6.54 Å². The van der Waals surface area contributed by atoms with Gasteiger partial charge in [0.1, 0.15) is 0 Å². The SMILES string of the molecule is CCNCC(c1cc(C)cc(C)c1)C1CCCCCC1.